The molecule has 0 aromatic carbocycles. The maximum absolute atomic E-state index is 12.4. The Morgan fingerprint density at radius 1 is 1.22 bits per heavy atom. The maximum atomic E-state index is 12.4. The van der Waals surface area contributed by atoms with Crippen LogP contribution in [0.1, 0.15) is 67.6 Å². The van der Waals surface area contributed by atoms with E-state index in [1.54, 1.807) is 6.20 Å². The van der Waals surface area contributed by atoms with E-state index < -0.39 is 0 Å². The van der Waals surface area contributed by atoms with Gasteiger partial charge in [-0.3, -0.25) is 4.79 Å². The average Bonchev–Trinajstić information content (AvgIpc) is 2.91. The number of carbonyl (C=O) groups is 1. The number of fused-ring (bicyclic) bond motifs is 3. The third-order valence-electron chi connectivity index (χ3n) is 4.57. The standard InChI is InChI=1S/C18H26N4O/c1-13(2)9-10-19-18(23)15-12-21-22-16-8-6-4-3-5-7-14(16)11-20-17(15)22/h11-13H,3-10H2,1-2H3,(H,19,23). The summed E-state index contributed by atoms with van der Waals surface area (Å²) >= 11 is 0. The molecule has 0 bridgehead atoms. The zero-order valence-electron chi connectivity index (χ0n) is 14.1. The normalized spacial score (nSPS) is 15.3. The van der Waals surface area contributed by atoms with Crippen molar-refractivity contribution in [1.82, 2.24) is 19.9 Å². The highest BCUT2D eigenvalue weighted by Crippen LogP contribution is 2.21. The van der Waals surface area contributed by atoms with Gasteiger partial charge in [0, 0.05) is 18.4 Å². The Bertz CT molecular complexity index is 690. The molecule has 5 nitrogen and oxygen atoms in total. The molecule has 0 fully saturated rings. The number of hydrogen-bond donors (Lipinski definition) is 1. The predicted octanol–water partition coefficient (Wildman–Crippen LogP) is 3.16. The molecule has 1 amide bonds. The lowest BCUT2D eigenvalue weighted by atomic mass is 9.98. The van der Waals surface area contributed by atoms with Gasteiger partial charge in [0.05, 0.1) is 6.20 Å². The maximum Gasteiger partial charge on any atom is 0.256 e. The van der Waals surface area contributed by atoms with Crippen molar-refractivity contribution >= 4 is 11.6 Å². The summed E-state index contributed by atoms with van der Waals surface area (Å²) in [5, 5.41) is 7.44. The molecule has 0 saturated heterocycles. The summed E-state index contributed by atoms with van der Waals surface area (Å²) in [5.41, 5.74) is 3.79. The van der Waals surface area contributed by atoms with E-state index in [0.29, 0.717) is 23.7 Å². The molecule has 0 spiro atoms. The Kier molecular flexibility index (Phi) is 4.94. The van der Waals surface area contributed by atoms with E-state index in [0.717, 1.165) is 19.3 Å². The van der Waals surface area contributed by atoms with Crippen molar-refractivity contribution in [2.24, 2.45) is 5.92 Å². The Hall–Kier alpha value is -1.91. The van der Waals surface area contributed by atoms with Gasteiger partial charge >= 0.3 is 0 Å². The summed E-state index contributed by atoms with van der Waals surface area (Å²) in [5.74, 6) is 0.510. The third kappa shape index (κ3) is 3.54. The molecule has 2 aromatic rings. The van der Waals surface area contributed by atoms with Crippen molar-refractivity contribution in [3.05, 3.63) is 29.2 Å². The van der Waals surface area contributed by atoms with E-state index in [-0.39, 0.29) is 5.91 Å². The van der Waals surface area contributed by atoms with Crippen LogP contribution < -0.4 is 5.32 Å². The molecule has 2 heterocycles. The topological polar surface area (TPSA) is 59.3 Å². The van der Waals surface area contributed by atoms with Crippen LogP contribution in [-0.4, -0.2) is 27.0 Å². The molecule has 0 aliphatic heterocycles. The molecule has 1 N–H and O–H groups in total. The zero-order valence-corrected chi connectivity index (χ0v) is 14.1. The van der Waals surface area contributed by atoms with Gasteiger partial charge in [0.2, 0.25) is 0 Å². The summed E-state index contributed by atoms with van der Waals surface area (Å²) < 4.78 is 1.89. The van der Waals surface area contributed by atoms with Crippen molar-refractivity contribution in [3.8, 4) is 0 Å². The van der Waals surface area contributed by atoms with Gasteiger partial charge in [-0.15, -0.1) is 0 Å². The fourth-order valence-corrected chi connectivity index (χ4v) is 3.18. The fraction of sp³-hybridized carbons (Fsp3) is 0.611. The molecule has 5 heteroatoms. The van der Waals surface area contributed by atoms with Crippen LogP contribution in [0.15, 0.2) is 12.4 Å². The van der Waals surface area contributed by atoms with Crippen LogP contribution in [0.4, 0.5) is 0 Å². The fourth-order valence-electron chi connectivity index (χ4n) is 3.18. The minimum absolute atomic E-state index is 0.0704. The first kappa shape index (κ1) is 16.0. The summed E-state index contributed by atoms with van der Waals surface area (Å²) in [6.45, 7) is 5.00. The number of carbonyl (C=O) groups excluding carboxylic acids is 1. The van der Waals surface area contributed by atoms with Gasteiger partial charge in [-0.25, -0.2) is 9.50 Å². The molecular formula is C18H26N4O. The predicted molar refractivity (Wildman–Crippen MR) is 90.7 cm³/mol. The highest BCUT2D eigenvalue weighted by Gasteiger charge is 2.18. The quantitative estimate of drug-likeness (QED) is 0.943. The molecule has 3 rings (SSSR count). The molecule has 1 aliphatic carbocycles. The highest BCUT2D eigenvalue weighted by atomic mass is 16.1. The highest BCUT2D eigenvalue weighted by molar-refractivity contribution is 5.99. The van der Waals surface area contributed by atoms with Crippen molar-refractivity contribution < 1.29 is 4.79 Å². The van der Waals surface area contributed by atoms with Gasteiger partial charge in [0.15, 0.2) is 5.65 Å². The van der Waals surface area contributed by atoms with E-state index in [2.05, 4.69) is 29.2 Å². The van der Waals surface area contributed by atoms with Crippen LogP contribution in [0.3, 0.4) is 0 Å². The Balaban J connectivity index is 1.86. The van der Waals surface area contributed by atoms with Crippen LogP contribution in [0, 0.1) is 5.92 Å². The molecule has 124 valence electrons. The lowest BCUT2D eigenvalue weighted by molar-refractivity contribution is 0.0953. The summed E-state index contributed by atoms with van der Waals surface area (Å²) in [6, 6.07) is 0. The molecule has 0 radical (unpaired) electrons. The number of aromatic nitrogens is 3. The molecule has 0 atom stereocenters. The van der Waals surface area contributed by atoms with Gasteiger partial charge in [-0.05, 0) is 43.6 Å². The number of nitrogens with one attached hydrogen (secondary N) is 1. The van der Waals surface area contributed by atoms with Gasteiger partial charge in [-0.2, -0.15) is 5.10 Å². The van der Waals surface area contributed by atoms with Crippen LogP contribution >= 0.6 is 0 Å². The van der Waals surface area contributed by atoms with Crippen LogP contribution in [-0.2, 0) is 12.8 Å². The summed E-state index contributed by atoms with van der Waals surface area (Å²) in [7, 11) is 0. The second-order valence-electron chi connectivity index (χ2n) is 6.88. The number of aryl methyl sites for hydroxylation is 2. The molecular weight excluding hydrogens is 288 g/mol. The van der Waals surface area contributed by atoms with Crippen LogP contribution in [0.25, 0.3) is 5.65 Å². The van der Waals surface area contributed by atoms with Gasteiger partial charge < -0.3 is 5.32 Å². The SMILES string of the molecule is CC(C)CCNC(=O)c1cnn2c3c(cnc12)CCCCCC3. The minimum Gasteiger partial charge on any atom is -0.352 e. The van der Waals surface area contributed by atoms with E-state index in [9.17, 15) is 4.79 Å². The van der Waals surface area contributed by atoms with Crippen molar-refractivity contribution in [2.75, 3.05) is 6.54 Å². The average molecular weight is 314 g/mol. The van der Waals surface area contributed by atoms with Gasteiger partial charge in [0.25, 0.3) is 5.91 Å². The van der Waals surface area contributed by atoms with E-state index in [1.807, 2.05) is 10.7 Å². The number of rotatable bonds is 4. The first-order chi connectivity index (χ1) is 11.2. The van der Waals surface area contributed by atoms with Crippen molar-refractivity contribution in [1.29, 1.82) is 0 Å². The molecule has 0 saturated carbocycles. The summed E-state index contributed by atoms with van der Waals surface area (Å²) in [4.78, 5) is 16.9. The Morgan fingerprint density at radius 3 is 2.78 bits per heavy atom. The van der Waals surface area contributed by atoms with Crippen LogP contribution in [0.2, 0.25) is 0 Å². The second kappa shape index (κ2) is 7.11. The molecule has 2 aromatic heterocycles. The smallest absolute Gasteiger partial charge is 0.256 e. The minimum atomic E-state index is -0.0704. The number of amides is 1. The lowest BCUT2D eigenvalue weighted by Gasteiger charge is -2.14. The molecule has 23 heavy (non-hydrogen) atoms. The van der Waals surface area contributed by atoms with Crippen molar-refractivity contribution in [2.45, 2.75) is 58.8 Å². The Labute approximate surface area is 137 Å². The van der Waals surface area contributed by atoms with Gasteiger partial charge in [0.1, 0.15) is 5.56 Å². The van der Waals surface area contributed by atoms with Gasteiger partial charge in [-0.1, -0.05) is 26.7 Å². The molecule has 1 aliphatic rings. The lowest BCUT2D eigenvalue weighted by Crippen LogP contribution is -2.25. The Morgan fingerprint density at radius 2 is 2.00 bits per heavy atom. The number of nitrogens with zero attached hydrogens (tertiary/aromatic N) is 3. The van der Waals surface area contributed by atoms with E-state index >= 15 is 0 Å². The first-order valence-corrected chi connectivity index (χ1v) is 8.79. The zero-order chi connectivity index (χ0) is 16.2. The number of hydrogen-bond acceptors (Lipinski definition) is 3. The second-order valence-corrected chi connectivity index (χ2v) is 6.88. The largest absolute Gasteiger partial charge is 0.352 e. The van der Waals surface area contributed by atoms with Crippen molar-refractivity contribution in [3.63, 3.8) is 0 Å². The third-order valence-corrected chi connectivity index (χ3v) is 4.57. The first-order valence-electron chi connectivity index (χ1n) is 8.79. The van der Waals surface area contributed by atoms with Crippen LogP contribution in [0.5, 0.6) is 0 Å². The summed E-state index contributed by atoms with van der Waals surface area (Å²) in [6.07, 6.45) is 11.6. The monoisotopic (exact) mass is 314 g/mol. The molecule has 0 unspecified atom stereocenters. The van der Waals surface area contributed by atoms with E-state index in [4.69, 9.17) is 0 Å². The van der Waals surface area contributed by atoms with E-state index in [1.165, 1.54) is 36.9 Å².